The van der Waals surface area contributed by atoms with Crippen LogP contribution in [0.5, 0.6) is 5.75 Å². The second-order valence-corrected chi connectivity index (χ2v) is 11.6. The highest BCUT2D eigenvalue weighted by atomic mass is 16.6. The lowest BCUT2D eigenvalue weighted by Gasteiger charge is -2.30. The zero-order chi connectivity index (χ0) is 26.9. The lowest BCUT2D eigenvalue weighted by atomic mass is 9.81. The smallest absolute Gasteiger partial charge is 0.407 e. The number of carbonyl (C=O) groups excluding carboxylic acids is 1. The van der Waals surface area contributed by atoms with E-state index in [0.717, 1.165) is 67.5 Å². The Morgan fingerprint density at radius 1 is 1.08 bits per heavy atom. The van der Waals surface area contributed by atoms with E-state index in [1.54, 1.807) is 7.11 Å². The Kier molecular flexibility index (Phi) is 7.43. The summed E-state index contributed by atoms with van der Waals surface area (Å²) in [5.74, 6) is 1.81. The van der Waals surface area contributed by atoms with Gasteiger partial charge in [0.2, 0.25) is 5.95 Å². The molecule has 8 nitrogen and oxygen atoms in total. The first kappa shape index (κ1) is 26.2. The first-order valence-electron chi connectivity index (χ1n) is 13.6. The van der Waals surface area contributed by atoms with Gasteiger partial charge >= 0.3 is 6.09 Å². The summed E-state index contributed by atoms with van der Waals surface area (Å²) in [6, 6.07) is 10.9. The van der Waals surface area contributed by atoms with Gasteiger partial charge in [-0.15, -0.1) is 0 Å². The van der Waals surface area contributed by atoms with Crippen molar-refractivity contribution < 1.29 is 14.3 Å². The number of fused-ring (bicyclic) bond motifs is 2. The zero-order valence-electron chi connectivity index (χ0n) is 23.1. The van der Waals surface area contributed by atoms with E-state index < -0.39 is 5.60 Å². The van der Waals surface area contributed by atoms with Gasteiger partial charge in [-0.1, -0.05) is 12.1 Å². The average Bonchev–Trinajstić information content (AvgIpc) is 2.87. The van der Waals surface area contributed by atoms with Crippen molar-refractivity contribution in [3.05, 3.63) is 53.2 Å². The fourth-order valence-corrected chi connectivity index (χ4v) is 5.51. The quantitative estimate of drug-likeness (QED) is 0.434. The second kappa shape index (κ2) is 10.8. The van der Waals surface area contributed by atoms with Gasteiger partial charge in [0.15, 0.2) is 0 Å². The number of anilines is 2. The summed E-state index contributed by atoms with van der Waals surface area (Å²) in [6.07, 6.45) is 6.47. The zero-order valence-corrected chi connectivity index (χ0v) is 23.1. The highest BCUT2D eigenvalue weighted by Gasteiger charge is 2.26. The number of amides is 1. The van der Waals surface area contributed by atoms with Crippen molar-refractivity contribution in [2.75, 3.05) is 26.0 Å². The number of aromatic nitrogens is 2. The largest absolute Gasteiger partial charge is 0.495 e. The molecular formula is C30H39N5O3. The second-order valence-electron chi connectivity index (χ2n) is 11.6. The van der Waals surface area contributed by atoms with Crippen molar-refractivity contribution in [3.8, 4) is 5.75 Å². The first-order valence-corrected chi connectivity index (χ1v) is 13.6. The van der Waals surface area contributed by atoms with Crippen molar-refractivity contribution >= 4 is 28.6 Å². The Morgan fingerprint density at radius 2 is 1.87 bits per heavy atom. The molecule has 0 bridgehead atoms. The summed E-state index contributed by atoms with van der Waals surface area (Å²) in [7, 11) is 3.85. The summed E-state index contributed by atoms with van der Waals surface area (Å²) in [6.45, 7) is 7.63. The van der Waals surface area contributed by atoms with Crippen molar-refractivity contribution in [1.29, 1.82) is 0 Å². The number of alkyl carbamates (subject to hydrolysis) is 1. The molecule has 0 atom stereocenters. The number of ether oxygens (including phenoxy) is 2. The van der Waals surface area contributed by atoms with Crippen LogP contribution >= 0.6 is 0 Å². The van der Waals surface area contributed by atoms with E-state index in [9.17, 15) is 4.79 Å². The minimum atomic E-state index is -0.482. The molecule has 1 aliphatic carbocycles. The van der Waals surface area contributed by atoms with E-state index in [1.165, 1.54) is 16.7 Å². The number of nitrogens with zero attached hydrogens (tertiary/aromatic N) is 3. The molecule has 3 aromatic rings. The Hall–Kier alpha value is -3.39. The molecule has 0 unspecified atom stereocenters. The standard InChI is InChI=1S/C30H39N5O3/c1-30(2,3)38-29(36)32-24-10-8-19(9-11-24)20-6-7-22-17-31-28(33-25(22)14-20)34-26-15-23-18-35(4)13-12-21(23)16-27(26)37-5/h6-7,14-17,19,24H,8-13,18H2,1-5H3,(H,32,36)(H,31,33,34). The van der Waals surface area contributed by atoms with Crippen molar-refractivity contribution in [2.45, 2.75) is 77.0 Å². The third-order valence-corrected chi connectivity index (χ3v) is 7.50. The van der Waals surface area contributed by atoms with Crippen LogP contribution < -0.4 is 15.4 Å². The summed E-state index contributed by atoms with van der Waals surface area (Å²) < 4.78 is 11.1. The predicted molar refractivity (Wildman–Crippen MR) is 150 cm³/mol. The van der Waals surface area contributed by atoms with Crippen LogP contribution in [-0.2, 0) is 17.7 Å². The number of nitrogens with one attached hydrogen (secondary N) is 2. The molecule has 2 heterocycles. The van der Waals surface area contributed by atoms with Crippen LogP contribution in [0.15, 0.2) is 36.5 Å². The third-order valence-electron chi connectivity index (χ3n) is 7.50. The minimum absolute atomic E-state index is 0.158. The number of likely N-dealkylation sites (N-methyl/N-ethyl adjacent to an activating group) is 1. The minimum Gasteiger partial charge on any atom is -0.495 e. The lowest BCUT2D eigenvalue weighted by molar-refractivity contribution is 0.0491. The van der Waals surface area contributed by atoms with E-state index in [2.05, 4.69) is 57.9 Å². The van der Waals surface area contributed by atoms with Gasteiger partial charge in [-0.2, -0.15) is 0 Å². The molecule has 1 saturated carbocycles. The van der Waals surface area contributed by atoms with Crippen molar-refractivity contribution in [2.24, 2.45) is 0 Å². The van der Waals surface area contributed by atoms with Gasteiger partial charge in [0, 0.05) is 30.7 Å². The summed E-state index contributed by atoms with van der Waals surface area (Å²) >= 11 is 0. The van der Waals surface area contributed by atoms with Gasteiger partial charge in [-0.3, -0.25) is 0 Å². The highest BCUT2D eigenvalue weighted by molar-refractivity contribution is 5.80. The molecule has 2 aliphatic rings. The van der Waals surface area contributed by atoms with E-state index in [0.29, 0.717) is 11.9 Å². The Balaban J connectivity index is 1.28. The van der Waals surface area contributed by atoms with Gasteiger partial charge in [0.1, 0.15) is 11.4 Å². The Morgan fingerprint density at radius 3 is 2.61 bits per heavy atom. The van der Waals surface area contributed by atoms with E-state index in [-0.39, 0.29) is 12.1 Å². The Bertz CT molecular complexity index is 1310. The summed E-state index contributed by atoms with van der Waals surface area (Å²) in [5.41, 5.74) is 5.25. The van der Waals surface area contributed by atoms with Gasteiger partial charge < -0.3 is 25.0 Å². The topological polar surface area (TPSA) is 88.6 Å². The first-order chi connectivity index (χ1) is 18.2. The molecule has 0 radical (unpaired) electrons. The van der Waals surface area contributed by atoms with Crippen LogP contribution in [0.1, 0.15) is 69.1 Å². The third kappa shape index (κ3) is 6.18. The van der Waals surface area contributed by atoms with Gasteiger partial charge in [-0.25, -0.2) is 14.8 Å². The molecule has 0 spiro atoms. The van der Waals surface area contributed by atoms with Crippen LogP contribution in [-0.4, -0.2) is 53.3 Å². The molecule has 202 valence electrons. The number of hydrogen-bond donors (Lipinski definition) is 2. The molecule has 1 aromatic heterocycles. The number of benzene rings is 2. The molecule has 1 aliphatic heterocycles. The van der Waals surface area contributed by atoms with Crippen LogP contribution in [0, 0.1) is 0 Å². The van der Waals surface area contributed by atoms with Gasteiger partial charge in [0.25, 0.3) is 0 Å². The number of hydrogen-bond acceptors (Lipinski definition) is 7. The predicted octanol–water partition coefficient (Wildman–Crippen LogP) is 5.92. The fraction of sp³-hybridized carbons (Fsp3) is 0.500. The van der Waals surface area contributed by atoms with Crippen LogP contribution in [0.2, 0.25) is 0 Å². The maximum Gasteiger partial charge on any atom is 0.407 e. The van der Waals surface area contributed by atoms with Gasteiger partial charge in [-0.05, 0) is 101 Å². The Labute approximate surface area is 225 Å². The van der Waals surface area contributed by atoms with Crippen molar-refractivity contribution in [1.82, 2.24) is 20.2 Å². The number of carbonyl (C=O) groups is 1. The summed E-state index contributed by atoms with van der Waals surface area (Å²) in [4.78, 5) is 23.9. The van der Waals surface area contributed by atoms with Crippen LogP contribution in [0.25, 0.3) is 10.9 Å². The molecule has 2 N–H and O–H groups in total. The van der Waals surface area contributed by atoms with E-state index >= 15 is 0 Å². The SMILES string of the molecule is COc1cc2c(cc1Nc1ncc3ccc(C4CCC(NC(=O)OC(C)(C)C)CC4)cc3n1)CN(C)CC2. The lowest BCUT2D eigenvalue weighted by Crippen LogP contribution is -2.40. The average molecular weight is 518 g/mol. The normalized spacial score (nSPS) is 20.0. The molecule has 0 saturated heterocycles. The molecule has 2 aromatic carbocycles. The number of rotatable bonds is 5. The molecule has 38 heavy (non-hydrogen) atoms. The van der Waals surface area contributed by atoms with Crippen LogP contribution in [0.3, 0.4) is 0 Å². The number of methoxy groups -OCH3 is 1. The van der Waals surface area contributed by atoms with Crippen LogP contribution in [0.4, 0.5) is 16.4 Å². The highest BCUT2D eigenvalue weighted by Crippen LogP contribution is 2.35. The van der Waals surface area contributed by atoms with E-state index in [4.69, 9.17) is 14.5 Å². The maximum absolute atomic E-state index is 12.1. The molecule has 8 heteroatoms. The monoisotopic (exact) mass is 517 g/mol. The maximum atomic E-state index is 12.1. The molecule has 1 amide bonds. The molecule has 1 fully saturated rings. The van der Waals surface area contributed by atoms with E-state index in [1.807, 2.05) is 27.0 Å². The molecular weight excluding hydrogens is 478 g/mol. The fourth-order valence-electron chi connectivity index (χ4n) is 5.51. The van der Waals surface area contributed by atoms with Crippen molar-refractivity contribution in [3.63, 3.8) is 0 Å². The summed E-state index contributed by atoms with van der Waals surface area (Å²) in [5, 5.41) is 7.45. The molecule has 5 rings (SSSR count). The van der Waals surface area contributed by atoms with Gasteiger partial charge in [0.05, 0.1) is 18.3 Å².